The van der Waals surface area contributed by atoms with Gasteiger partial charge in [-0.25, -0.2) is 4.79 Å². The molecule has 0 aliphatic heterocycles. The molecule has 6 heteroatoms. The average molecular weight is 445 g/mol. The van der Waals surface area contributed by atoms with Crippen molar-refractivity contribution < 1.29 is 19.1 Å². The van der Waals surface area contributed by atoms with Crippen molar-refractivity contribution in [2.24, 2.45) is 5.16 Å². The largest absolute Gasteiger partial charge is 0.489 e. The first-order valence-electron chi connectivity index (χ1n) is 10.6. The number of benzene rings is 2. The second-order valence-corrected chi connectivity index (χ2v) is 7.48. The molecule has 170 valence electrons. The van der Waals surface area contributed by atoms with Crippen LogP contribution in [0.4, 0.5) is 0 Å². The number of pyridine rings is 1. The van der Waals surface area contributed by atoms with Gasteiger partial charge < -0.3 is 14.3 Å². The van der Waals surface area contributed by atoms with Crippen molar-refractivity contribution in [2.45, 2.75) is 34.0 Å². The van der Waals surface area contributed by atoms with E-state index in [9.17, 15) is 4.79 Å². The number of carbonyl (C=O) groups excluding carboxylic acids is 1. The molecule has 1 heterocycles. The van der Waals surface area contributed by atoms with Gasteiger partial charge in [-0.05, 0) is 78.4 Å². The Morgan fingerprint density at radius 1 is 1.03 bits per heavy atom. The number of methoxy groups -OCH3 is 1. The van der Waals surface area contributed by atoms with Crippen LogP contribution in [0.25, 0.3) is 5.57 Å². The van der Waals surface area contributed by atoms with Crippen LogP contribution >= 0.6 is 0 Å². The summed E-state index contributed by atoms with van der Waals surface area (Å²) < 4.78 is 11.0. The average Bonchev–Trinajstić information content (AvgIpc) is 2.84. The molecule has 0 unspecified atom stereocenters. The summed E-state index contributed by atoms with van der Waals surface area (Å²) >= 11 is 0. The van der Waals surface area contributed by atoms with E-state index in [-0.39, 0.29) is 5.97 Å². The number of hydrogen-bond donors (Lipinski definition) is 0. The third kappa shape index (κ3) is 6.29. The smallest absolute Gasteiger partial charge is 0.338 e. The second kappa shape index (κ2) is 11.6. The van der Waals surface area contributed by atoms with Gasteiger partial charge in [0.2, 0.25) is 0 Å². The van der Waals surface area contributed by atoms with Crippen molar-refractivity contribution in [3.8, 4) is 5.75 Å². The third-order valence-electron chi connectivity index (χ3n) is 5.20. The number of carbonyl (C=O) groups is 1. The van der Waals surface area contributed by atoms with Crippen molar-refractivity contribution in [1.82, 2.24) is 4.98 Å². The van der Waals surface area contributed by atoms with E-state index in [2.05, 4.69) is 10.1 Å². The Hall–Kier alpha value is -3.93. The molecule has 0 spiro atoms. The molecule has 0 amide bonds. The molecule has 0 N–H and O–H groups in total. The summed E-state index contributed by atoms with van der Waals surface area (Å²) in [5.74, 6) is 0.406. The first-order chi connectivity index (χ1) is 16.0. The lowest BCUT2D eigenvalue weighted by Gasteiger charge is -2.15. The summed E-state index contributed by atoms with van der Waals surface area (Å²) in [6, 6.07) is 15.4. The van der Waals surface area contributed by atoms with E-state index in [1.807, 2.05) is 69.3 Å². The zero-order valence-corrected chi connectivity index (χ0v) is 19.4. The van der Waals surface area contributed by atoms with Gasteiger partial charge in [0, 0.05) is 12.4 Å². The predicted octanol–water partition coefficient (Wildman–Crippen LogP) is 5.40. The third-order valence-corrected chi connectivity index (χ3v) is 5.20. The summed E-state index contributed by atoms with van der Waals surface area (Å²) in [5.41, 5.74) is 6.18. The Labute approximate surface area is 194 Å². The van der Waals surface area contributed by atoms with Crippen LogP contribution in [0.2, 0.25) is 0 Å². The summed E-state index contributed by atoms with van der Waals surface area (Å²) in [5, 5.41) is 4.09. The highest BCUT2D eigenvalue weighted by Gasteiger charge is 2.15. The normalized spacial score (nSPS) is 11.5. The van der Waals surface area contributed by atoms with Crippen molar-refractivity contribution in [3.05, 3.63) is 100 Å². The van der Waals surface area contributed by atoms with E-state index in [4.69, 9.17) is 14.3 Å². The maximum absolute atomic E-state index is 12.1. The van der Waals surface area contributed by atoms with Gasteiger partial charge in [0.05, 0.1) is 18.9 Å². The van der Waals surface area contributed by atoms with E-state index >= 15 is 0 Å². The fraction of sp³-hybridized carbons (Fsp3) is 0.222. The summed E-state index contributed by atoms with van der Waals surface area (Å²) in [6.45, 7) is 6.52. The zero-order chi connectivity index (χ0) is 23.6. The van der Waals surface area contributed by atoms with E-state index in [1.165, 1.54) is 7.11 Å². The molecule has 0 radical (unpaired) electrons. The Kier molecular flexibility index (Phi) is 8.36. The van der Waals surface area contributed by atoms with Crippen LogP contribution in [0.3, 0.4) is 0 Å². The molecule has 6 nitrogen and oxygen atoms in total. The number of rotatable bonds is 9. The second-order valence-electron chi connectivity index (χ2n) is 7.48. The van der Waals surface area contributed by atoms with Crippen LogP contribution in [0.1, 0.15) is 40.3 Å². The number of hydrogen-bond acceptors (Lipinski definition) is 6. The van der Waals surface area contributed by atoms with Gasteiger partial charge in [-0.2, -0.15) is 0 Å². The number of esters is 1. The van der Waals surface area contributed by atoms with Crippen LogP contribution in [-0.4, -0.2) is 24.3 Å². The van der Waals surface area contributed by atoms with Crippen LogP contribution in [0, 0.1) is 13.8 Å². The van der Waals surface area contributed by atoms with Crippen LogP contribution < -0.4 is 4.74 Å². The number of aryl methyl sites for hydroxylation is 2. The molecule has 0 aliphatic carbocycles. The quantitative estimate of drug-likeness (QED) is 0.191. The minimum atomic E-state index is -0.369. The van der Waals surface area contributed by atoms with Crippen molar-refractivity contribution >= 4 is 17.8 Å². The van der Waals surface area contributed by atoms with E-state index in [1.54, 1.807) is 24.7 Å². The zero-order valence-electron chi connectivity index (χ0n) is 19.4. The molecule has 0 saturated heterocycles. The molecule has 0 aliphatic rings. The highest BCUT2D eigenvalue weighted by Crippen LogP contribution is 2.26. The number of aromatic nitrogens is 1. The number of allylic oxidation sites excluding steroid dienone is 1. The van der Waals surface area contributed by atoms with Crippen LogP contribution in [-0.2, 0) is 27.6 Å². The Morgan fingerprint density at radius 3 is 2.52 bits per heavy atom. The fourth-order valence-corrected chi connectivity index (χ4v) is 3.35. The van der Waals surface area contributed by atoms with Gasteiger partial charge in [-0.1, -0.05) is 35.5 Å². The van der Waals surface area contributed by atoms with Gasteiger partial charge in [0.25, 0.3) is 0 Å². The monoisotopic (exact) mass is 444 g/mol. The Morgan fingerprint density at radius 2 is 1.79 bits per heavy atom. The lowest BCUT2D eigenvalue weighted by molar-refractivity contribution is -0.133. The van der Waals surface area contributed by atoms with Gasteiger partial charge in [-0.15, -0.1) is 0 Å². The minimum Gasteiger partial charge on any atom is -0.489 e. The Balaban J connectivity index is 1.69. The molecular weight excluding hydrogens is 416 g/mol. The first kappa shape index (κ1) is 23.7. The fourth-order valence-electron chi connectivity index (χ4n) is 3.35. The summed E-state index contributed by atoms with van der Waals surface area (Å²) in [4.78, 5) is 21.5. The molecule has 0 bridgehead atoms. The molecule has 2 aromatic carbocycles. The highest BCUT2D eigenvalue weighted by molar-refractivity contribution is 6.16. The van der Waals surface area contributed by atoms with E-state index in [0.717, 1.165) is 39.1 Å². The number of ether oxygens (including phenoxy) is 2. The molecular formula is C27H28N2O4. The lowest BCUT2D eigenvalue weighted by Crippen LogP contribution is -2.08. The SMILES string of the molecule is CC=C(C(=O)OC)c1ccccc1COc1cc(C)c(C=NOCc2ccncc2)cc1C. The molecule has 0 saturated carbocycles. The number of oxime groups is 1. The van der Waals surface area contributed by atoms with E-state index in [0.29, 0.717) is 18.8 Å². The van der Waals surface area contributed by atoms with Crippen molar-refractivity contribution in [1.29, 1.82) is 0 Å². The van der Waals surface area contributed by atoms with Gasteiger partial charge in [-0.3, -0.25) is 4.98 Å². The molecule has 1 aromatic heterocycles. The topological polar surface area (TPSA) is 70.0 Å². The molecule has 3 aromatic rings. The minimum absolute atomic E-state index is 0.327. The molecule has 33 heavy (non-hydrogen) atoms. The van der Waals surface area contributed by atoms with Gasteiger partial charge in [0.1, 0.15) is 19.0 Å². The molecule has 0 atom stereocenters. The van der Waals surface area contributed by atoms with Gasteiger partial charge >= 0.3 is 5.97 Å². The summed E-state index contributed by atoms with van der Waals surface area (Å²) in [7, 11) is 1.38. The standard InChI is InChI=1S/C27H28N2O4/c1-5-24(27(30)31-4)25-9-7-6-8-22(25)18-32-26-15-19(2)23(14-20(26)3)16-29-33-17-21-10-12-28-13-11-21/h5-16H,17-18H2,1-4H3. The van der Waals surface area contributed by atoms with E-state index < -0.39 is 0 Å². The first-order valence-corrected chi connectivity index (χ1v) is 10.6. The van der Waals surface area contributed by atoms with Crippen LogP contribution in [0.5, 0.6) is 5.75 Å². The maximum Gasteiger partial charge on any atom is 0.338 e. The number of nitrogens with zero attached hydrogens (tertiary/aromatic N) is 2. The maximum atomic E-state index is 12.1. The summed E-state index contributed by atoms with van der Waals surface area (Å²) in [6.07, 6.45) is 6.91. The lowest BCUT2D eigenvalue weighted by atomic mass is 10.00. The van der Waals surface area contributed by atoms with Crippen LogP contribution in [0.15, 0.2) is 72.2 Å². The van der Waals surface area contributed by atoms with Crippen molar-refractivity contribution in [3.63, 3.8) is 0 Å². The molecule has 0 fully saturated rings. The predicted molar refractivity (Wildman–Crippen MR) is 129 cm³/mol. The van der Waals surface area contributed by atoms with Gasteiger partial charge in [0.15, 0.2) is 0 Å². The highest BCUT2D eigenvalue weighted by atomic mass is 16.6. The van der Waals surface area contributed by atoms with Crippen molar-refractivity contribution in [2.75, 3.05) is 7.11 Å². The molecule has 3 rings (SSSR count). The Bertz CT molecular complexity index is 1150.